The summed E-state index contributed by atoms with van der Waals surface area (Å²) in [6, 6.07) is 15.6. The lowest BCUT2D eigenvalue weighted by molar-refractivity contribution is -0.276. The van der Waals surface area contributed by atoms with Crippen molar-refractivity contribution < 1.29 is 34.4 Å². The predicted molar refractivity (Wildman–Crippen MR) is 140 cm³/mol. The Balaban J connectivity index is 1.48. The Labute approximate surface area is 223 Å². The Morgan fingerprint density at radius 3 is 2.32 bits per heavy atom. The molecule has 0 bridgehead atoms. The van der Waals surface area contributed by atoms with Gasteiger partial charge in [0.1, 0.15) is 0 Å². The fraction of sp³-hybridized carbons (Fsp3) is 0.517. The van der Waals surface area contributed by atoms with Gasteiger partial charge in [0.25, 0.3) is 0 Å². The molecule has 38 heavy (non-hydrogen) atoms. The SMILES string of the molecule is C[C@H]1[C@@H](CN2CCC[C@H]2CO)O[C@@H](c2ccc(CNC(=O)CCC(=O)O)cc2)O[C@H]1c1ccc(CO)cc1. The van der Waals surface area contributed by atoms with Gasteiger partial charge in [-0.15, -0.1) is 0 Å². The number of hydrogen-bond acceptors (Lipinski definition) is 7. The minimum Gasteiger partial charge on any atom is -0.481 e. The quantitative estimate of drug-likeness (QED) is 0.352. The van der Waals surface area contributed by atoms with Crippen molar-refractivity contribution >= 4 is 11.9 Å². The second-order valence-electron chi connectivity index (χ2n) is 10.2. The molecule has 9 nitrogen and oxygen atoms in total. The molecule has 1 amide bonds. The Morgan fingerprint density at radius 2 is 1.66 bits per heavy atom. The van der Waals surface area contributed by atoms with Gasteiger partial charge in [-0.05, 0) is 36.1 Å². The van der Waals surface area contributed by atoms with Crippen LogP contribution in [-0.4, -0.2) is 63.9 Å². The zero-order valence-corrected chi connectivity index (χ0v) is 21.8. The van der Waals surface area contributed by atoms with Crippen LogP contribution in [0.25, 0.3) is 0 Å². The zero-order chi connectivity index (χ0) is 27.1. The first-order chi connectivity index (χ1) is 18.4. The highest BCUT2D eigenvalue weighted by molar-refractivity contribution is 5.80. The van der Waals surface area contributed by atoms with Crippen molar-refractivity contribution in [3.05, 3.63) is 70.8 Å². The highest BCUT2D eigenvalue weighted by atomic mass is 16.7. The topological polar surface area (TPSA) is 129 Å². The lowest BCUT2D eigenvalue weighted by Crippen LogP contribution is -2.46. The number of carbonyl (C=O) groups excluding carboxylic acids is 1. The summed E-state index contributed by atoms with van der Waals surface area (Å²) in [4.78, 5) is 24.8. The van der Waals surface area contributed by atoms with E-state index in [4.69, 9.17) is 14.6 Å². The molecule has 0 aliphatic carbocycles. The molecule has 0 saturated carbocycles. The van der Waals surface area contributed by atoms with Gasteiger partial charge in [0.15, 0.2) is 6.29 Å². The van der Waals surface area contributed by atoms with Gasteiger partial charge in [0.05, 0.1) is 31.8 Å². The number of aliphatic hydroxyl groups excluding tert-OH is 2. The molecule has 206 valence electrons. The van der Waals surface area contributed by atoms with Crippen molar-refractivity contribution in [1.82, 2.24) is 10.2 Å². The first-order valence-electron chi connectivity index (χ1n) is 13.3. The fourth-order valence-electron chi connectivity index (χ4n) is 5.20. The number of carboxylic acids is 1. The molecule has 2 aromatic rings. The van der Waals surface area contributed by atoms with Crippen molar-refractivity contribution in [2.45, 2.75) is 70.3 Å². The summed E-state index contributed by atoms with van der Waals surface area (Å²) in [7, 11) is 0. The van der Waals surface area contributed by atoms with E-state index in [0.717, 1.165) is 41.6 Å². The van der Waals surface area contributed by atoms with Crippen LogP contribution >= 0.6 is 0 Å². The molecule has 2 saturated heterocycles. The predicted octanol–water partition coefficient (Wildman–Crippen LogP) is 2.91. The van der Waals surface area contributed by atoms with E-state index in [1.165, 1.54) is 0 Å². The maximum absolute atomic E-state index is 11.9. The molecule has 0 spiro atoms. The minimum atomic E-state index is -0.996. The van der Waals surface area contributed by atoms with E-state index in [2.05, 4.69) is 17.1 Å². The average Bonchev–Trinajstić information content (AvgIpc) is 3.39. The van der Waals surface area contributed by atoms with Gasteiger partial charge in [0.2, 0.25) is 5.91 Å². The minimum absolute atomic E-state index is 0.0143. The molecule has 0 unspecified atom stereocenters. The number of rotatable bonds is 11. The van der Waals surface area contributed by atoms with Crippen LogP contribution in [0.1, 0.15) is 67.3 Å². The van der Waals surface area contributed by atoms with Crippen molar-refractivity contribution in [1.29, 1.82) is 0 Å². The van der Waals surface area contributed by atoms with E-state index < -0.39 is 12.3 Å². The summed E-state index contributed by atoms with van der Waals surface area (Å²) in [6.07, 6.45) is 0.886. The molecule has 2 heterocycles. The van der Waals surface area contributed by atoms with Crippen molar-refractivity contribution in [3.63, 3.8) is 0 Å². The third kappa shape index (κ3) is 7.18. The molecule has 5 atom stereocenters. The van der Waals surface area contributed by atoms with E-state index in [0.29, 0.717) is 13.1 Å². The Kier molecular flexibility index (Phi) is 9.87. The molecular weight excluding hydrogens is 488 g/mol. The lowest BCUT2D eigenvalue weighted by atomic mass is 9.90. The number of aliphatic carboxylic acids is 1. The monoisotopic (exact) mass is 526 g/mol. The third-order valence-electron chi connectivity index (χ3n) is 7.56. The lowest BCUT2D eigenvalue weighted by Gasteiger charge is -2.43. The standard InChI is InChI=1S/C29H38N2O7/c1-19-25(16-31-14-2-3-24(31)18-33)37-29(38-28(19)22-8-6-21(17-32)7-9-22)23-10-4-20(5-11-23)15-30-26(34)12-13-27(35)36/h4-11,19,24-25,28-29,32-33H,2-3,12-18H2,1H3,(H,30,34)(H,35,36)/t19-,24-,25+,28+,29+/m0/s1. The van der Waals surface area contributed by atoms with Gasteiger partial charge in [-0.1, -0.05) is 55.5 Å². The number of benzene rings is 2. The van der Waals surface area contributed by atoms with Crippen LogP contribution in [-0.2, 0) is 32.2 Å². The largest absolute Gasteiger partial charge is 0.481 e. The smallest absolute Gasteiger partial charge is 0.303 e. The van der Waals surface area contributed by atoms with E-state index in [-0.39, 0.29) is 56.1 Å². The second-order valence-corrected chi connectivity index (χ2v) is 10.2. The summed E-state index contributed by atoms with van der Waals surface area (Å²) >= 11 is 0. The molecule has 2 fully saturated rings. The molecule has 4 N–H and O–H groups in total. The van der Waals surface area contributed by atoms with Crippen LogP contribution in [0.3, 0.4) is 0 Å². The second kappa shape index (κ2) is 13.3. The first-order valence-corrected chi connectivity index (χ1v) is 13.3. The Morgan fingerprint density at radius 1 is 0.974 bits per heavy atom. The summed E-state index contributed by atoms with van der Waals surface area (Å²) < 4.78 is 13.0. The van der Waals surface area contributed by atoms with Gasteiger partial charge < -0.3 is 30.1 Å². The summed E-state index contributed by atoms with van der Waals surface area (Å²) in [6.45, 7) is 4.21. The van der Waals surface area contributed by atoms with Gasteiger partial charge in [-0.3, -0.25) is 14.5 Å². The maximum Gasteiger partial charge on any atom is 0.303 e. The van der Waals surface area contributed by atoms with Crippen molar-refractivity contribution in [2.75, 3.05) is 19.7 Å². The molecule has 2 aromatic carbocycles. The van der Waals surface area contributed by atoms with Gasteiger partial charge >= 0.3 is 5.97 Å². The molecular formula is C29H38N2O7. The molecule has 2 aliphatic rings. The number of amides is 1. The van der Waals surface area contributed by atoms with Crippen LogP contribution in [0.15, 0.2) is 48.5 Å². The fourth-order valence-corrected chi connectivity index (χ4v) is 5.20. The normalized spacial score (nSPS) is 25.8. The highest BCUT2D eigenvalue weighted by Gasteiger charge is 2.40. The molecule has 9 heteroatoms. The number of nitrogens with one attached hydrogen (secondary N) is 1. The Hall–Kier alpha value is -2.82. The number of nitrogens with zero attached hydrogens (tertiary/aromatic N) is 1. The van der Waals surface area contributed by atoms with Crippen LogP contribution < -0.4 is 5.32 Å². The average molecular weight is 527 g/mol. The molecule has 0 radical (unpaired) electrons. The van der Waals surface area contributed by atoms with E-state index in [1.807, 2.05) is 48.5 Å². The van der Waals surface area contributed by atoms with Gasteiger partial charge in [0, 0.05) is 37.0 Å². The van der Waals surface area contributed by atoms with E-state index >= 15 is 0 Å². The highest BCUT2D eigenvalue weighted by Crippen LogP contribution is 2.42. The third-order valence-corrected chi connectivity index (χ3v) is 7.56. The van der Waals surface area contributed by atoms with Crippen LogP contribution in [0.2, 0.25) is 0 Å². The number of carboxylic acid groups (broad SMARTS) is 1. The summed E-state index contributed by atoms with van der Waals surface area (Å²) in [5, 5.41) is 30.7. The van der Waals surface area contributed by atoms with E-state index in [1.54, 1.807) is 0 Å². The number of carbonyl (C=O) groups is 2. The van der Waals surface area contributed by atoms with Crippen LogP contribution in [0.4, 0.5) is 0 Å². The molecule has 0 aromatic heterocycles. The van der Waals surface area contributed by atoms with Crippen LogP contribution in [0, 0.1) is 5.92 Å². The zero-order valence-electron chi connectivity index (χ0n) is 21.8. The van der Waals surface area contributed by atoms with E-state index in [9.17, 15) is 19.8 Å². The summed E-state index contributed by atoms with van der Waals surface area (Å²) in [5.74, 6) is -1.24. The van der Waals surface area contributed by atoms with Gasteiger partial charge in [-0.2, -0.15) is 0 Å². The number of hydrogen-bond donors (Lipinski definition) is 4. The van der Waals surface area contributed by atoms with Crippen LogP contribution in [0.5, 0.6) is 0 Å². The van der Waals surface area contributed by atoms with Crippen molar-refractivity contribution in [3.8, 4) is 0 Å². The number of aliphatic hydroxyl groups is 2. The first kappa shape index (κ1) is 28.2. The maximum atomic E-state index is 11.9. The molecule has 4 rings (SSSR count). The van der Waals surface area contributed by atoms with Gasteiger partial charge in [-0.25, -0.2) is 0 Å². The number of ether oxygens (including phenoxy) is 2. The Bertz CT molecular complexity index is 1060. The molecule has 2 aliphatic heterocycles. The van der Waals surface area contributed by atoms with Crippen molar-refractivity contribution in [2.24, 2.45) is 5.92 Å². The summed E-state index contributed by atoms with van der Waals surface area (Å²) in [5.41, 5.74) is 3.61. The number of likely N-dealkylation sites (tertiary alicyclic amines) is 1.